The highest BCUT2D eigenvalue weighted by molar-refractivity contribution is 6.46. The molecule has 0 fully saturated rings. The van der Waals surface area contributed by atoms with Crippen molar-refractivity contribution in [3.05, 3.63) is 90.1 Å². The van der Waals surface area contributed by atoms with E-state index in [2.05, 4.69) is 0 Å². The Kier molecular flexibility index (Phi) is 5.45. The summed E-state index contributed by atoms with van der Waals surface area (Å²) in [5.74, 6) is 0.298. The minimum absolute atomic E-state index is 0.298. The van der Waals surface area contributed by atoms with Gasteiger partial charge in [-0.1, -0.05) is 42.5 Å². The molecule has 2 amide bonds. The summed E-state index contributed by atoms with van der Waals surface area (Å²) in [5, 5.41) is 0. The first-order valence-corrected chi connectivity index (χ1v) is 9.76. The molecule has 0 N–H and O–H groups in total. The Morgan fingerprint density at radius 3 is 2.03 bits per heavy atom. The Morgan fingerprint density at radius 2 is 1.39 bits per heavy atom. The number of imide groups is 1. The van der Waals surface area contributed by atoms with Crippen LogP contribution in [0.15, 0.2) is 84.6 Å². The molecule has 6 heteroatoms. The van der Waals surface area contributed by atoms with E-state index < -0.39 is 11.8 Å². The highest BCUT2D eigenvalue weighted by Crippen LogP contribution is 2.39. The highest BCUT2D eigenvalue weighted by atomic mass is 16.5. The molecule has 1 heterocycles. The third kappa shape index (κ3) is 3.53. The second kappa shape index (κ2) is 8.36. The summed E-state index contributed by atoms with van der Waals surface area (Å²) in [6, 6.07) is 23.5. The molecule has 156 valence electrons. The Labute approximate surface area is 180 Å². The number of amides is 2. The van der Waals surface area contributed by atoms with E-state index in [1.54, 1.807) is 67.6 Å². The molecule has 3 aromatic rings. The lowest BCUT2D eigenvalue weighted by atomic mass is 10.0. The van der Waals surface area contributed by atoms with E-state index in [0.717, 1.165) is 5.69 Å². The second-order valence-corrected chi connectivity index (χ2v) is 6.96. The van der Waals surface area contributed by atoms with Crippen molar-refractivity contribution in [2.45, 2.75) is 0 Å². The fraction of sp³-hybridized carbons (Fsp3) is 0.120. The van der Waals surface area contributed by atoms with Crippen molar-refractivity contribution >= 4 is 28.8 Å². The molecule has 0 unspecified atom stereocenters. The number of rotatable bonds is 6. The topological polar surface area (TPSA) is 59.1 Å². The summed E-state index contributed by atoms with van der Waals surface area (Å²) in [5.41, 5.74) is 2.46. The average Bonchev–Trinajstić information content (AvgIpc) is 3.08. The molecular formula is C25H22N2O4. The van der Waals surface area contributed by atoms with Gasteiger partial charge in [-0.15, -0.1) is 0 Å². The zero-order chi connectivity index (χ0) is 22.0. The van der Waals surface area contributed by atoms with Gasteiger partial charge in [-0.05, 0) is 42.0 Å². The van der Waals surface area contributed by atoms with Gasteiger partial charge in [-0.3, -0.25) is 9.59 Å². The van der Waals surface area contributed by atoms with Gasteiger partial charge in [-0.2, -0.15) is 0 Å². The van der Waals surface area contributed by atoms with Crippen LogP contribution in [0.5, 0.6) is 11.5 Å². The second-order valence-electron chi connectivity index (χ2n) is 6.96. The zero-order valence-electron chi connectivity index (χ0n) is 17.5. The molecule has 0 bridgehead atoms. The van der Waals surface area contributed by atoms with Crippen molar-refractivity contribution in [1.82, 2.24) is 0 Å². The molecule has 31 heavy (non-hydrogen) atoms. The molecule has 0 radical (unpaired) electrons. The van der Waals surface area contributed by atoms with Crippen molar-refractivity contribution < 1.29 is 19.1 Å². The summed E-state index contributed by atoms with van der Waals surface area (Å²) >= 11 is 0. The molecule has 3 aromatic carbocycles. The van der Waals surface area contributed by atoms with Crippen LogP contribution in [0.3, 0.4) is 0 Å². The van der Waals surface area contributed by atoms with E-state index in [1.165, 1.54) is 12.0 Å². The summed E-state index contributed by atoms with van der Waals surface area (Å²) in [7, 11) is 4.88. The van der Waals surface area contributed by atoms with Gasteiger partial charge in [0.25, 0.3) is 11.8 Å². The lowest BCUT2D eigenvalue weighted by Gasteiger charge is -2.22. The predicted molar refractivity (Wildman–Crippen MR) is 120 cm³/mol. The number of methoxy groups -OCH3 is 2. The van der Waals surface area contributed by atoms with Gasteiger partial charge in [0, 0.05) is 12.7 Å². The molecule has 1 aliphatic heterocycles. The number of para-hydroxylation sites is 3. The van der Waals surface area contributed by atoms with E-state index >= 15 is 0 Å². The summed E-state index contributed by atoms with van der Waals surface area (Å²) in [4.78, 5) is 30.2. The van der Waals surface area contributed by atoms with E-state index in [4.69, 9.17) is 9.47 Å². The Bertz CT molecular complexity index is 1150. The van der Waals surface area contributed by atoms with Crippen LogP contribution in [-0.2, 0) is 9.59 Å². The molecule has 0 atom stereocenters. The summed E-state index contributed by atoms with van der Waals surface area (Å²) < 4.78 is 10.7. The molecule has 6 nitrogen and oxygen atoms in total. The maximum absolute atomic E-state index is 13.6. The van der Waals surface area contributed by atoms with E-state index in [-0.39, 0.29) is 0 Å². The maximum Gasteiger partial charge on any atom is 0.282 e. The van der Waals surface area contributed by atoms with Crippen molar-refractivity contribution in [2.24, 2.45) is 0 Å². The Balaban J connectivity index is 1.88. The van der Waals surface area contributed by atoms with Crippen molar-refractivity contribution in [2.75, 3.05) is 31.1 Å². The van der Waals surface area contributed by atoms with Crippen LogP contribution in [0.4, 0.5) is 11.4 Å². The number of ether oxygens (including phenoxy) is 2. The summed E-state index contributed by atoms with van der Waals surface area (Å²) in [6.45, 7) is 0. The molecule has 0 spiro atoms. The van der Waals surface area contributed by atoms with Crippen LogP contribution >= 0.6 is 0 Å². The van der Waals surface area contributed by atoms with E-state index in [0.29, 0.717) is 34.0 Å². The smallest absolute Gasteiger partial charge is 0.282 e. The first-order chi connectivity index (χ1) is 15.1. The molecule has 0 aliphatic carbocycles. The fourth-order valence-electron chi connectivity index (χ4n) is 3.66. The predicted octanol–water partition coefficient (Wildman–Crippen LogP) is 4.12. The minimum Gasteiger partial charge on any atom is -0.497 e. The quantitative estimate of drug-likeness (QED) is 0.568. The molecule has 0 aromatic heterocycles. The Hall–Kier alpha value is -4.06. The maximum atomic E-state index is 13.6. The van der Waals surface area contributed by atoms with Crippen LogP contribution in [0.1, 0.15) is 5.56 Å². The standard InChI is InChI=1S/C25H22N2O4/c1-26(18-9-5-4-6-10-18)23-22(17-13-15-19(30-2)16-14-17)24(28)27(25(23)29)20-11-7-8-12-21(20)31-3/h4-16H,1-3H3. The average molecular weight is 414 g/mol. The van der Waals surface area contributed by atoms with Gasteiger partial charge in [0.15, 0.2) is 0 Å². The van der Waals surface area contributed by atoms with Gasteiger partial charge >= 0.3 is 0 Å². The fourth-order valence-corrected chi connectivity index (χ4v) is 3.66. The molecule has 1 aliphatic rings. The van der Waals surface area contributed by atoms with Crippen molar-refractivity contribution in [3.63, 3.8) is 0 Å². The van der Waals surface area contributed by atoms with Gasteiger partial charge in [0.1, 0.15) is 17.2 Å². The molecule has 4 rings (SSSR count). The molecular weight excluding hydrogens is 392 g/mol. The van der Waals surface area contributed by atoms with Crippen LogP contribution in [-0.4, -0.2) is 33.1 Å². The van der Waals surface area contributed by atoms with Crippen LogP contribution in [0.25, 0.3) is 5.57 Å². The number of likely N-dealkylation sites (N-methyl/N-ethyl adjacent to an activating group) is 1. The number of hydrogen-bond donors (Lipinski definition) is 0. The number of carbonyl (C=O) groups excluding carboxylic acids is 2. The van der Waals surface area contributed by atoms with Gasteiger partial charge in [0.2, 0.25) is 0 Å². The zero-order valence-corrected chi connectivity index (χ0v) is 17.5. The SMILES string of the molecule is COc1ccc(C2=C(N(C)c3ccccc3)C(=O)N(c3ccccc3OC)C2=O)cc1. The monoisotopic (exact) mass is 414 g/mol. The Morgan fingerprint density at radius 1 is 0.742 bits per heavy atom. The van der Waals surface area contributed by atoms with Crippen LogP contribution < -0.4 is 19.3 Å². The minimum atomic E-state index is -0.410. The number of hydrogen-bond acceptors (Lipinski definition) is 5. The van der Waals surface area contributed by atoms with Gasteiger partial charge in [0.05, 0.1) is 25.5 Å². The summed E-state index contributed by atoms with van der Waals surface area (Å²) in [6.07, 6.45) is 0. The third-order valence-corrected chi connectivity index (χ3v) is 5.24. The van der Waals surface area contributed by atoms with Crippen molar-refractivity contribution in [1.29, 1.82) is 0 Å². The normalized spacial score (nSPS) is 13.6. The van der Waals surface area contributed by atoms with Gasteiger partial charge < -0.3 is 14.4 Å². The third-order valence-electron chi connectivity index (χ3n) is 5.24. The largest absolute Gasteiger partial charge is 0.497 e. The van der Waals surface area contributed by atoms with E-state index in [1.807, 2.05) is 30.3 Å². The van der Waals surface area contributed by atoms with E-state index in [9.17, 15) is 9.59 Å². The number of benzene rings is 3. The molecule has 0 saturated heterocycles. The highest BCUT2D eigenvalue weighted by Gasteiger charge is 2.43. The lowest BCUT2D eigenvalue weighted by Crippen LogP contribution is -2.34. The first-order valence-electron chi connectivity index (χ1n) is 9.76. The number of anilines is 2. The number of nitrogens with zero attached hydrogens (tertiary/aromatic N) is 2. The van der Waals surface area contributed by atoms with Gasteiger partial charge in [-0.25, -0.2) is 4.90 Å². The van der Waals surface area contributed by atoms with Crippen LogP contribution in [0, 0.1) is 0 Å². The van der Waals surface area contributed by atoms with Crippen LogP contribution in [0.2, 0.25) is 0 Å². The lowest BCUT2D eigenvalue weighted by molar-refractivity contribution is -0.120. The van der Waals surface area contributed by atoms with Crippen molar-refractivity contribution in [3.8, 4) is 11.5 Å². The first kappa shape index (κ1) is 20.2. The number of carbonyl (C=O) groups is 2. The molecule has 0 saturated carbocycles.